The second kappa shape index (κ2) is 5.04. The van der Waals surface area contributed by atoms with Crippen molar-refractivity contribution in [2.75, 3.05) is 6.61 Å². The molecule has 0 amide bonds. The highest BCUT2D eigenvalue weighted by atomic mass is 19.4. The molecule has 0 unspecified atom stereocenters. The number of benzene rings is 1. The normalized spacial score (nSPS) is 11.7. The van der Waals surface area contributed by atoms with Gasteiger partial charge in [-0.2, -0.15) is 18.7 Å². The molecule has 0 fully saturated rings. The first-order valence-corrected chi connectivity index (χ1v) is 4.31. The van der Waals surface area contributed by atoms with Crippen molar-refractivity contribution in [1.82, 2.24) is 5.48 Å². The molecule has 1 rings (SSSR count). The summed E-state index contributed by atoms with van der Waals surface area (Å²) in [5.41, 5.74) is 2.58. The molecule has 0 aliphatic carbocycles. The molecule has 0 bridgehead atoms. The smallest absolute Gasteiger partial charge is 0.413 e. The molecule has 3 N–H and O–H groups in total. The molecule has 0 saturated carbocycles. The predicted molar refractivity (Wildman–Crippen MR) is 48.6 cm³/mol. The molecule has 0 spiro atoms. The fourth-order valence-electron chi connectivity index (χ4n) is 0.946. The Morgan fingerprint density at radius 1 is 1.19 bits per heavy atom. The van der Waals surface area contributed by atoms with Crippen molar-refractivity contribution in [3.05, 3.63) is 23.8 Å². The van der Waals surface area contributed by atoms with Crippen LogP contribution in [-0.2, 0) is 11.4 Å². The van der Waals surface area contributed by atoms with Gasteiger partial charge in [0.05, 0.1) is 0 Å². The molecule has 0 aliphatic heterocycles. The van der Waals surface area contributed by atoms with Crippen LogP contribution in [0.4, 0.5) is 13.2 Å². The summed E-state index contributed by atoms with van der Waals surface area (Å²) in [6.07, 6.45) is -4.38. The number of alkyl halides is 3. The molecular formula is C9H10F3NO3. The van der Waals surface area contributed by atoms with E-state index < -0.39 is 12.8 Å². The molecule has 0 radical (unpaired) electrons. The average Bonchev–Trinajstić information content (AvgIpc) is 2.17. The Morgan fingerprint density at radius 2 is 1.88 bits per heavy atom. The third-order valence-electron chi connectivity index (χ3n) is 1.65. The fourth-order valence-corrected chi connectivity index (χ4v) is 0.946. The zero-order valence-electron chi connectivity index (χ0n) is 8.08. The van der Waals surface area contributed by atoms with Gasteiger partial charge in [0.25, 0.3) is 0 Å². The SMILES string of the molecule is Oc1ccc(CNOCC(F)(F)F)cc1O. The lowest BCUT2D eigenvalue weighted by atomic mass is 10.2. The highest BCUT2D eigenvalue weighted by molar-refractivity contribution is 5.40. The summed E-state index contributed by atoms with van der Waals surface area (Å²) in [7, 11) is 0. The first kappa shape index (κ1) is 12.6. The molecule has 0 aliphatic rings. The van der Waals surface area contributed by atoms with E-state index in [1.54, 1.807) is 0 Å². The molecule has 1 aromatic carbocycles. The van der Waals surface area contributed by atoms with E-state index in [-0.39, 0.29) is 18.0 Å². The lowest BCUT2D eigenvalue weighted by Crippen LogP contribution is -2.24. The van der Waals surface area contributed by atoms with E-state index in [1.165, 1.54) is 18.2 Å². The number of halogens is 3. The maximum absolute atomic E-state index is 11.7. The summed E-state index contributed by atoms with van der Waals surface area (Å²) in [6.45, 7) is -1.40. The summed E-state index contributed by atoms with van der Waals surface area (Å²) >= 11 is 0. The number of phenols is 2. The van der Waals surface area contributed by atoms with Crippen LogP contribution in [-0.4, -0.2) is 23.0 Å². The Hall–Kier alpha value is -1.47. The van der Waals surface area contributed by atoms with Gasteiger partial charge >= 0.3 is 6.18 Å². The van der Waals surface area contributed by atoms with Crippen LogP contribution < -0.4 is 5.48 Å². The number of hydrogen-bond acceptors (Lipinski definition) is 4. The summed E-state index contributed by atoms with van der Waals surface area (Å²) < 4.78 is 35.0. The largest absolute Gasteiger partial charge is 0.504 e. The Bertz CT molecular complexity index is 354. The van der Waals surface area contributed by atoms with Gasteiger partial charge in [-0.15, -0.1) is 0 Å². The molecule has 7 heteroatoms. The standard InChI is InChI=1S/C9H10F3NO3/c10-9(11,12)5-16-13-4-6-1-2-7(14)8(15)3-6/h1-3,13-15H,4-5H2. The maximum atomic E-state index is 11.7. The molecule has 90 valence electrons. The van der Waals surface area contributed by atoms with E-state index in [0.717, 1.165) is 0 Å². The Labute approximate surface area is 89.2 Å². The lowest BCUT2D eigenvalue weighted by Gasteiger charge is -2.08. The van der Waals surface area contributed by atoms with Gasteiger partial charge < -0.3 is 10.2 Å². The molecule has 0 atom stereocenters. The maximum Gasteiger partial charge on any atom is 0.413 e. The molecule has 0 aromatic heterocycles. The van der Waals surface area contributed by atoms with Crippen molar-refractivity contribution in [2.45, 2.75) is 12.7 Å². The van der Waals surface area contributed by atoms with Gasteiger partial charge in [-0.05, 0) is 17.7 Å². The zero-order valence-corrected chi connectivity index (χ0v) is 8.08. The highest BCUT2D eigenvalue weighted by Gasteiger charge is 2.27. The van der Waals surface area contributed by atoms with Crippen molar-refractivity contribution >= 4 is 0 Å². The Balaban J connectivity index is 2.35. The van der Waals surface area contributed by atoms with Crippen LogP contribution in [0.2, 0.25) is 0 Å². The molecule has 1 aromatic rings. The summed E-state index contributed by atoms with van der Waals surface area (Å²) in [6, 6.07) is 3.90. The third kappa shape index (κ3) is 4.37. The zero-order chi connectivity index (χ0) is 12.2. The fraction of sp³-hybridized carbons (Fsp3) is 0.333. The second-order valence-electron chi connectivity index (χ2n) is 3.05. The predicted octanol–water partition coefficient (Wildman–Crippen LogP) is 1.68. The van der Waals surface area contributed by atoms with E-state index in [2.05, 4.69) is 10.3 Å². The third-order valence-corrected chi connectivity index (χ3v) is 1.65. The summed E-state index contributed by atoms with van der Waals surface area (Å²) in [4.78, 5) is 4.15. The molecule has 16 heavy (non-hydrogen) atoms. The number of nitrogens with one attached hydrogen (secondary N) is 1. The summed E-state index contributed by atoms with van der Waals surface area (Å²) in [5, 5.41) is 18.1. The van der Waals surface area contributed by atoms with Crippen molar-refractivity contribution in [1.29, 1.82) is 0 Å². The minimum absolute atomic E-state index is 0.0100. The van der Waals surface area contributed by atoms with Crippen LogP contribution in [0.25, 0.3) is 0 Å². The van der Waals surface area contributed by atoms with E-state index in [9.17, 15) is 13.2 Å². The van der Waals surface area contributed by atoms with Crippen molar-refractivity contribution < 1.29 is 28.2 Å². The van der Waals surface area contributed by atoms with Crippen molar-refractivity contribution in [3.8, 4) is 11.5 Å². The highest BCUT2D eigenvalue weighted by Crippen LogP contribution is 2.24. The van der Waals surface area contributed by atoms with Crippen LogP contribution in [0.1, 0.15) is 5.56 Å². The van der Waals surface area contributed by atoms with Gasteiger partial charge in [0.1, 0.15) is 0 Å². The second-order valence-corrected chi connectivity index (χ2v) is 3.05. The summed E-state index contributed by atoms with van der Waals surface area (Å²) in [5.74, 6) is -0.630. The van der Waals surface area contributed by atoms with E-state index in [1.807, 2.05) is 0 Å². The Kier molecular flexibility index (Phi) is 3.97. The first-order valence-electron chi connectivity index (χ1n) is 4.31. The van der Waals surface area contributed by atoms with Gasteiger partial charge in [0, 0.05) is 6.54 Å². The van der Waals surface area contributed by atoms with Crippen LogP contribution in [0.3, 0.4) is 0 Å². The van der Waals surface area contributed by atoms with E-state index >= 15 is 0 Å². The quantitative estimate of drug-likeness (QED) is 0.423. The number of aromatic hydroxyl groups is 2. The van der Waals surface area contributed by atoms with Crippen molar-refractivity contribution in [2.24, 2.45) is 0 Å². The van der Waals surface area contributed by atoms with E-state index in [4.69, 9.17) is 10.2 Å². The Morgan fingerprint density at radius 3 is 2.44 bits per heavy atom. The molecule has 4 nitrogen and oxygen atoms in total. The van der Waals surface area contributed by atoms with Crippen LogP contribution in [0.15, 0.2) is 18.2 Å². The van der Waals surface area contributed by atoms with Gasteiger partial charge in [-0.3, -0.25) is 4.84 Å². The number of phenolic OH excluding ortho intramolecular Hbond substituents is 2. The van der Waals surface area contributed by atoms with Crippen LogP contribution >= 0.6 is 0 Å². The average molecular weight is 237 g/mol. The van der Waals surface area contributed by atoms with Crippen molar-refractivity contribution in [3.63, 3.8) is 0 Å². The van der Waals surface area contributed by atoms with Gasteiger partial charge in [-0.1, -0.05) is 6.07 Å². The molecular weight excluding hydrogens is 227 g/mol. The monoisotopic (exact) mass is 237 g/mol. The number of rotatable bonds is 4. The van der Waals surface area contributed by atoms with Gasteiger partial charge in [0.2, 0.25) is 0 Å². The number of hydrogen-bond donors (Lipinski definition) is 3. The van der Waals surface area contributed by atoms with Crippen LogP contribution in [0.5, 0.6) is 11.5 Å². The molecule has 0 saturated heterocycles. The minimum Gasteiger partial charge on any atom is -0.504 e. The lowest BCUT2D eigenvalue weighted by molar-refractivity contribution is -0.190. The minimum atomic E-state index is -4.38. The van der Waals surface area contributed by atoms with Gasteiger partial charge in [-0.25, -0.2) is 0 Å². The van der Waals surface area contributed by atoms with Crippen LogP contribution in [0, 0.1) is 0 Å². The number of hydroxylamine groups is 1. The molecule has 0 heterocycles. The first-order chi connectivity index (χ1) is 7.38. The van der Waals surface area contributed by atoms with E-state index in [0.29, 0.717) is 5.56 Å². The van der Waals surface area contributed by atoms with Gasteiger partial charge in [0.15, 0.2) is 18.1 Å². The topological polar surface area (TPSA) is 61.7 Å².